The van der Waals surface area contributed by atoms with Gasteiger partial charge in [0.1, 0.15) is 13.1 Å². The lowest BCUT2D eigenvalue weighted by molar-refractivity contribution is -0.954. The molecule has 1 aromatic carbocycles. The number of H-pyrrole nitrogens is 1. The van der Waals surface area contributed by atoms with Crippen LogP contribution in [0.5, 0.6) is 0 Å². The van der Waals surface area contributed by atoms with Gasteiger partial charge in [-0.2, -0.15) is 0 Å². The highest BCUT2D eigenvalue weighted by molar-refractivity contribution is 5.81. The van der Waals surface area contributed by atoms with Crippen molar-refractivity contribution in [1.82, 2.24) is 25.2 Å². The van der Waals surface area contributed by atoms with Crippen LogP contribution in [-0.4, -0.2) is 31.2 Å². The summed E-state index contributed by atoms with van der Waals surface area (Å²) in [6, 6.07) is 8.74. The van der Waals surface area contributed by atoms with Gasteiger partial charge in [0.2, 0.25) is 5.82 Å². The average molecular weight is 410 g/mol. The summed E-state index contributed by atoms with van der Waals surface area (Å²) >= 11 is 0. The Morgan fingerprint density at radius 3 is 2.67 bits per heavy atom. The Morgan fingerprint density at radius 2 is 1.93 bits per heavy atom. The monoisotopic (exact) mass is 409 g/mol. The zero-order valence-corrected chi connectivity index (χ0v) is 18.5. The molecule has 3 aromatic rings. The number of pyridine rings is 1. The predicted octanol–water partition coefficient (Wildman–Crippen LogP) is 2.50. The van der Waals surface area contributed by atoms with Crippen LogP contribution in [0.25, 0.3) is 10.9 Å². The summed E-state index contributed by atoms with van der Waals surface area (Å²) in [5, 5.41) is 13.6. The van der Waals surface area contributed by atoms with Gasteiger partial charge in [0.05, 0.1) is 22.7 Å². The number of aromatic nitrogens is 5. The molecule has 4 rings (SSSR count). The Labute approximate surface area is 177 Å². The minimum Gasteiger partial charge on any atom is -0.322 e. The molecule has 0 amide bonds. The summed E-state index contributed by atoms with van der Waals surface area (Å²) in [5.74, 6) is 0.885. The molecule has 0 spiro atoms. The minimum absolute atomic E-state index is 0.0144. The van der Waals surface area contributed by atoms with Crippen LogP contribution in [0.15, 0.2) is 29.1 Å². The van der Waals surface area contributed by atoms with E-state index < -0.39 is 0 Å². The van der Waals surface area contributed by atoms with Gasteiger partial charge in [-0.05, 0) is 80.8 Å². The van der Waals surface area contributed by atoms with Crippen LogP contribution in [-0.2, 0) is 18.6 Å². The molecule has 2 N–H and O–H groups in total. The van der Waals surface area contributed by atoms with Crippen molar-refractivity contribution in [1.29, 1.82) is 0 Å². The first-order valence-electron chi connectivity index (χ1n) is 11.1. The van der Waals surface area contributed by atoms with E-state index in [2.05, 4.69) is 53.4 Å². The van der Waals surface area contributed by atoms with E-state index in [1.807, 2.05) is 23.7 Å². The Morgan fingerprint density at radius 1 is 1.17 bits per heavy atom. The zero-order valence-electron chi connectivity index (χ0n) is 18.5. The molecule has 1 atom stereocenters. The van der Waals surface area contributed by atoms with Crippen molar-refractivity contribution >= 4 is 10.9 Å². The van der Waals surface area contributed by atoms with E-state index in [0.29, 0.717) is 12.6 Å². The van der Waals surface area contributed by atoms with Crippen molar-refractivity contribution in [3.63, 3.8) is 0 Å². The first-order valence-corrected chi connectivity index (χ1v) is 11.1. The number of fused-ring (bicyclic) bond motifs is 1. The lowest BCUT2D eigenvalue weighted by Crippen LogP contribution is -3.13. The van der Waals surface area contributed by atoms with E-state index in [-0.39, 0.29) is 11.1 Å². The van der Waals surface area contributed by atoms with Gasteiger partial charge < -0.3 is 9.88 Å². The number of hydrogen-bond donors (Lipinski definition) is 2. The summed E-state index contributed by atoms with van der Waals surface area (Å²) in [7, 11) is 0. The molecule has 30 heavy (non-hydrogen) atoms. The van der Waals surface area contributed by atoms with Gasteiger partial charge in [0, 0.05) is 0 Å². The molecule has 7 nitrogen and oxygen atoms in total. The van der Waals surface area contributed by atoms with E-state index >= 15 is 0 Å². The highest BCUT2D eigenvalue weighted by Crippen LogP contribution is 2.18. The lowest BCUT2D eigenvalue weighted by atomic mass is 9.93. The van der Waals surface area contributed by atoms with Crippen LogP contribution in [0.2, 0.25) is 0 Å². The smallest absolute Gasteiger partial charge is 0.257 e. The van der Waals surface area contributed by atoms with Gasteiger partial charge in [-0.3, -0.25) is 4.79 Å². The summed E-state index contributed by atoms with van der Waals surface area (Å²) < 4.78 is 1.92. The van der Waals surface area contributed by atoms with Crippen LogP contribution in [0.4, 0.5) is 0 Å². The maximum atomic E-state index is 12.9. The lowest BCUT2D eigenvalue weighted by Gasteiger charge is -2.31. The third kappa shape index (κ3) is 4.31. The molecule has 7 heteroatoms. The molecular weight excluding hydrogens is 376 g/mol. The average Bonchev–Trinajstić information content (AvgIpc) is 3.18. The van der Waals surface area contributed by atoms with Gasteiger partial charge >= 0.3 is 0 Å². The predicted molar refractivity (Wildman–Crippen MR) is 117 cm³/mol. The number of quaternary nitrogens is 1. The quantitative estimate of drug-likeness (QED) is 0.678. The number of nitrogens with one attached hydrogen (secondary N) is 2. The van der Waals surface area contributed by atoms with Crippen molar-refractivity contribution in [2.45, 2.75) is 84.5 Å². The van der Waals surface area contributed by atoms with Crippen molar-refractivity contribution in [2.75, 3.05) is 0 Å². The molecule has 2 heterocycles. The van der Waals surface area contributed by atoms with Gasteiger partial charge in [-0.15, -0.1) is 5.10 Å². The fourth-order valence-corrected chi connectivity index (χ4v) is 4.71. The number of aryl methyl sites for hydroxylation is 1. The molecule has 2 aromatic heterocycles. The highest BCUT2D eigenvalue weighted by atomic mass is 16.1. The van der Waals surface area contributed by atoms with E-state index in [0.717, 1.165) is 34.4 Å². The standard InChI is InChI=1S/C23H32N6O/c1-16-9-8-10-17-13-18(22(30)24-21(16)17)14-28(19-11-6-5-7-12-19)15-20-25-26-27-29(20)23(2,3)4/h8-10,13,19H,5-7,11-12,14-15H2,1-4H3,(H,24,30)/p+1. The van der Waals surface area contributed by atoms with Crippen LogP contribution < -0.4 is 10.5 Å². The number of nitrogens with zero attached hydrogens (tertiary/aromatic N) is 4. The van der Waals surface area contributed by atoms with Crippen molar-refractivity contribution in [2.24, 2.45) is 0 Å². The molecule has 0 saturated heterocycles. The van der Waals surface area contributed by atoms with Gasteiger partial charge in [-0.25, -0.2) is 4.68 Å². The second kappa shape index (κ2) is 8.30. The number of benzene rings is 1. The summed E-state index contributed by atoms with van der Waals surface area (Å²) in [5.41, 5.74) is 2.71. The number of rotatable bonds is 5. The first kappa shape index (κ1) is 20.7. The molecular formula is C23H33N6O+. The van der Waals surface area contributed by atoms with Crippen LogP contribution in [0.1, 0.15) is 69.8 Å². The molecule has 1 saturated carbocycles. The third-order valence-corrected chi connectivity index (χ3v) is 6.32. The van der Waals surface area contributed by atoms with Crippen molar-refractivity contribution < 1.29 is 4.90 Å². The third-order valence-electron chi connectivity index (χ3n) is 6.32. The van der Waals surface area contributed by atoms with Crippen LogP contribution in [0, 0.1) is 6.92 Å². The molecule has 0 radical (unpaired) electrons. The maximum Gasteiger partial charge on any atom is 0.257 e. The number of hydrogen-bond acceptors (Lipinski definition) is 4. The topological polar surface area (TPSA) is 80.9 Å². The summed E-state index contributed by atoms with van der Waals surface area (Å²) in [6.07, 6.45) is 6.20. The molecule has 1 unspecified atom stereocenters. The van der Waals surface area contributed by atoms with Crippen LogP contribution in [0.3, 0.4) is 0 Å². The van der Waals surface area contributed by atoms with Crippen molar-refractivity contribution in [3.05, 3.63) is 51.6 Å². The largest absolute Gasteiger partial charge is 0.322 e. The highest BCUT2D eigenvalue weighted by Gasteiger charge is 2.29. The second-order valence-electron chi connectivity index (χ2n) is 9.69. The first-order chi connectivity index (χ1) is 14.3. The fraction of sp³-hybridized carbons (Fsp3) is 0.565. The fourth-order valence-electron chi connectivity index (χ4n) is 4.71. The summed E-state index contributed by atoms with van der Waals surface area (Å²) in [4.78, 5) is 17.4. The minimum atomic E-state index is -0.172. The van der Waals surface area contributed by atoms with Crippen molar-refractivity contribution in [3.8, 4) is 0 Å². The molecule has 1 aliphatic carbocycles. The maximum absolute atomic E-state index is 12.9. The van der Waals surface area contributed by atoms with Gasteiger partial charge in [-0.1, -0.05) is 24.6 Å². The number of tetrazole rings is 1. The zero-order chi connectivity index (χ0) is 21.3. The molecule has 0 aliphatic heterocycles. The van der Waals surface area contributed by atoms with E-state index in [4.69, 9.17) is 0 Å². The Balaban J connectivity index is 1.67. The molecule has 160 valence electrons. The van der Waals surface area contributed by atoms with E-state index in [1.165, 1.54) is 37.0 Å². The molecule has 1 aliphatic rings. The Bertz CT molecular complexity index is 1070. The van der Waals surface area contributed by atoms with Gasteiger partial charge in [0.15, 0.2) is 0 Å². The molecule has 0 bridgehead atoms. The Hall–Kier alpha value is -2.54. The number of aromatic amines is 1. The Kier molecular flexibility index (Phi) is 5.73. The molecule has 1 fully saturated rings. The SMILES string of the molecule is Cc1cccc2cc(C[NH+](Cc3nnnn3C(C)(C)C)C3CCCCC3)c(=O)[nH]c12. The van der Waals surface area contributed by atoms with E-state index in [9.17, 15) is 4.79 Å². The van der Waals surface area contributed by atoms with E-state index in [1.54, 1.807) is 0 Å². The second-order valence-corrected chi connectivity index (χ2v) is 9.69. The van der Waals surface area contributed by atoms with Gasteiger partial charge in [0.25, 0.3) is 5.56 Å². The van der Waals surface area contributed by atoms with Crippen LogP contribution >= 0.6 is 0 Å². The summed E-state index contributed by atoms with van der Waals surface area (Å²) in [6.45, 7) is 9.78. The number of para-hydroxylation sites is 1. The normalized spacial score (nSPS) is 16.8.